The number of hydrogen-bond acceptors (Lipinski definition) is 4. The Morgan fingerprint density at radius 3 is 2.40 bits per heavy atom. The van der Waals surface area contributed by atoms with Gasteiger partial charge in [0, 0.05) is 31.2 Å². The van der Waals surface area contributed by atoms with Gasteiger partial charge < -0.3 is 0 Å². The fourth-order valence-electron chi connectivity index (χ4n) is 2.55. The number of nitrogens with zero attached hydrogens (tertiary/aromatic N) is 3. The van der Waals surface area contributed by atoms with Crippen LogP contribution in [-0.2, 0) is 6.42 Å². The van der Waals surface area contributed by atoms with E-state index < -0.39 is 0 Å². The molecule has 0 radical (unpaired) electrons. The molecule has 3 nitrogen and oxygen atoms in total. The molecule has 0 spiro atoms. The number of rotatable bonds is 4. The quantitative estimate of drug-likeness (QED) is 0.805. The average Bonchev–Trinajstić information content (AvgIpc) is 2.51. The molecule has 1 saturated heterocycles. The molecule has 0 saturated carbocycles. The Bertz CT molecular complexity index is 460. The van der Waals surface area contributed by atoms with Crippen molar-refractivity contribution in [1.29, 1.82) is 0 Å². The SMILES string of the molecule is c1ccc(CC2CCN(Sc3ccccn3)CC2)nc1. The maximum Gasteiger partial charge on any atom is 0.111 e. The van der Waals surface area contributed by atoms with Gasteiger partial charge in [-0.25, -0.2) is 9.29 Å². The Morgan fingerprint density at radius 2 is 1.75 bits per heavy atom. The molecule has 1 aliphatic rings. The van der Waals surface area contributed by atoms with Gasteiger partial charge >= 0.3 is 0 Å². The molecular formula is C16H19N3S. The van der Waals surface area contributed by atoms with E-state index in [1.807, 2.05) is 30.6 Å². The highest BCUT2D eigenvalue weighted by Gasteiger charge is 2.20. The van der Waals surface area contributed by atoms with Crippen molar-refractivity contribution in [3.8, 4) is 0 Å². The summed E-state index contributed by atoms with van der Waals surface area (Å²) in [4.78, 5) is 8.80. The van der Waals surface area contributed by atoms with Gasteiger partial charge in [0.2, 0.25) is 0 Å². The van der Waals surface area contributed by atoms with Crippen LogP contribution in [0.1, 0.15) is 18.5 Å². The molecule has 0 aromatic carbocycles. The van der Waals surface area contributed by atoms with E-state index in [9.17, 15) is 0 Å². The third-order valence-corrected chi connectivity index (χ3v) is 4.71. The van der Waals surface area contributed by atoms with E-state index in [2.05, 4.69) is 32.5 Å². The van der Waals surface area contributed by atoms with Crippen LogP contribution >= 0.6 is 11.9 Å². The fraction of sp³-hybridized carbons (Fsp3) is 0.375. The molecule has 0 amide bonds. The van der Waals surface area contributed by atoms with Crippen molar-refractivity contribution in [3.63, 3.8) is 0 Å². The molecule has 1 fully saturated rings. The van der Waals surface area contributed by atoms with Crippen molar-refractivity contribution < 1.29 is 0 Å². The van der Waals surface area contributed by atoms with Crippen molar-refractivity contribution in [2.45, 2.75) is 24.3 Å². The Hall–Kier alpha value is -1.39. The lowest BCUT2D eigenvalue weighted by Gasteiger charge is -2.30. The average molecular weight is 285 g/mol. The van der Waals surface area contributed by atoms with Crippen LogP contribution in [0.2, 0.25) is 0 Å². The number of hydrogen-bond donors (Lipinski definition) is 0. The second-order valence-electron chi connectivity index (χ2n) is 5.16. The van der Waals surface area contributed by atoms with Crippen LogP contribution in [0, 0.1) is 5.92 Å². The minimum absolute atomic E-state index is 0.769. The first kappa shape index (κ1) is 13.6. The second kappa shape index (κ2) is 6.86. The van der Waals surface area contributed by atoms with E-state index in [-0.39, 0.29) is 0 Å². The van der Waals surface area contributed by atoms with E-state index in [1.165, 1.54) is 18.5 Å². The first-order chi connectivity index (χ1) is 9.90. The standard InChI is InChI=1S/C16H19N3S/c1-3-9-17-15(5-1)13-14-7-11-19(12-8-14)20-16-6-2-4-10-18-16/h1-6,9-10,14H,7-8,11-13H2. The highest BCUT2D eigenvalue weighted by atomic mass is 32.2. The minimum Gasteiger partial charge on any atom is -0.261 e. The molecule has 0 bridgehead atoms. The van der Waals surface area contributed by atoms with Gasteiger partial charge in [0.05, 0.1) is 0 Å². The Balaban J connectivity index is 1.47. The fourth-order valence-corrected chi connectivity index (χ4v) is 3.46. The largest absolute Gasteiger partial charge is 0.261 e. The maximum absolute atomic E-state index is 4.43. The summed E-state index contributed by atoms with van der Waals surface area (Å²) in [6.07, 6.45) is 7.35. The molecule has 0 aliphatic carbocycles. The van der Waals surface area contributed by atoms with Crippen molar-refractivity contribution in [1.82, 2.24) is 14.3 Å². The maximum atomic E-state index is 4.43. The van der Waals surface area contributed by atoms with Gasteiger partial charge in [0.1, 0.15) is 5.03 Å². The molecule has 1 aliphatic heterocycles. The molecule has 0 N–H and O–H groups in total. The van der Waals surface area contributed by atoms with Gasteiger partial charge in [-0.3, -0.25) is 4.98 Å². The van der Waals surface area contributed by atoms with Gasteiger partial charge in [-0.05, 0) is 61.4 Å². The first-order valence-electron chi connectivity index (χ1n) is 7.14. The summed E-state index contributed by atoms with van der Waals surface area (Å²) in [6, 6.07) is 12.3. The van der Waals surface area contributed by atoms with E-state index in [4.69, 9.17) is 0 Å². The lowest BCUT2D eigenvalue weighted by molar-refractivity contribution is 0.288. The monoisotopic (exact) mass is 285 g/mol. The van der Waals surface area contributed by atoms with Crippen LogP contribution in [-0.4, -0.2) is 27.4 Å². The zero-order valence-corrected chi connectivity index (χ0v) is 12.3. The normalized spacial score (nSPS) is 17.2. The smallest absolute Gasteiger partial charge is 0.111 e. The van der Waals surface area contributed by atoms with E-state index in [0.29, 0.717) is 0 Å². The summed E-state index contributed by atoms with van der Waals surface area (Å²) in [5, 5.41) is 1.09. The van der Waals surface area contributed by atoms with Crippen molar-refractivity contribution in [3.05, 3.63) is 54.5 Å². The van der Waals surface area contributed by atoms with Gasteiger partial charge in [-0.15, -0.1) is 0 Å². The van der Waals surface area contributed by atoms with Crippen molar-refractivity contribution in [2.75, 3.05) is 13.1 Å². The molecule has 3 heterocycles. The van der Waals surface area contributed by atoms with Crippen LogP contribution in [0.25, 0.3) is 0 Å². The van der Waals surface area contributed by atoms with Crippen LogP contribution in [0.3, 0.4) is 0 Å². The molecule has 2 aromatic rings. The summed E-state index contributed by atoms with van der Waals surface area (Å²) in [6.45, 7) is 2.28. The van der Waals surface area contributed by atoms with Crippen LogP contribution < -0.4 is 0 Å². The Labute approximate surface area is 124 Å². The third kappa shape index (κ3) is 3.81. The summed E-state index contributed by atoms with van der Waals surface area (Å²) in [5.41, 5.74) is 1.23. The third-order valence-electron chi connectivity index (χ3n) is 3.66. The van der Waals surface area contributed by atoms with E-state index in [1.54, 1.807) is 11.9 Å². The minimum atomic E-state index is 0.769. The van der Waals surface area contributed by atoms with Gasteiger partial charge in [0.15, 0.2) is 0 Å². The molecule has 0 atom stereocenters. The predicted molar refractivity (Wildman–Crippen MR) is 82.3 cm³/mol. The van der Waals surface area contributed by atoms with Gasteiger partial charge in [-0.2, -0.15) is 0 Å². The summed E-state index contributed by atoms with van der Waals surface area (Å²) in [7, 11) is 0. The molecule has 0 unspecified atom stereocenters. The molecule has 4 heteroatoms. The number of aromatic nitrogens is 2. The zero-order valence-electron chi connectivity index (χ0n) is 11.5. The summed E-state index contributed by atoms with van der Waals surface area (Å²) in [5.74, 6) is 0.769. The highest BCUT2D eigenvalue weighted by Crippen LogP contribution is 2.28. The van der Waals surface area contributed by atoms with Crippen LogP contribution in [0.4, 0.5) is 0 Å². The Kier molecular flexibility index (Phi) is 4.66. The van der Waals surface area contributed by atoms with Crippen LogP contribution in [0.15, 0.2) is 53.8 Å². The summed E-state index contributed by atoms with van der Waals surface area (Å²) >= 11 is 1.78. The van der Waals surface area contributed by atoms with E-state index in [0.717, 1.165) is 30.5 Å². The first-order valence-corrected chi connectivity index (χ1v) is 7.91. The predicted octanol–water partition coefficient (Wildman–Crippen LogP) is 3.44. The highest BCUT2D eigenvalue weighted by molar-refractivity contribution is 7.97. The van der Waals surface area contributed by atoms with Crippen LogP contribution in [0.5, 0.6) is 0 Å². The van der Waals surface area contributed by atoms with Gasteiger partial charge in [-0.1, -0.05) is 12.1 Å². The topological polar surface area (TPSA) is 29.0 Å². The van der Waals surface area contributed by atoms with Crippen molar-refractivity contribution >= 4 is 11.9 Å². The number of pyridine rings is 2. The number of piperidine rings is 1. The lowest BCUT2D eigenvalue weighted by Crippen LogP contribution is -2.29. The molecular weight excluding hydrogens is 266 g/mol. The lowest BCUT2D eigenvalue weighted by atomic mass is 9.93. The summed E-state index contributed by atoms with van der Waals surface area (Å²) < 4.78 is 2.43. The molecule has 3 rings (SSSR count). The zero-order chi connectivity index (χ0) is 13.6. The van der Waals surface area contributed by atoms with Gasteiger partial charge in [0.25, 0.3) is 0 Å². The molecule has 20 heavy (non-hydrogen) atoms. The Morgan fingerprint density at radius 1 is 1.00 bits per heavy atom. The molecule has 104 valence electrons. The second-order valence-corrected chi connectivity index (χ2v) is 6.27. The van der Waals surface area contributed by atoms with Crippen molar-refractivity contribution in [2.24, 2.45) is 5.92 Å². The van der Waals surface area contributed by atoms with E-state index >= 15 is 0 Å². The molecule has 2 aromatic heterocycles.